The summed E-state index contributed by atoms with van der Waals surface area (Å²) >= 11 is 0. The van der Waals surface area contributed by atoms with Gasteiger partial charge in [0.25, 0.3) is 0 Å². The van der Waals surface area contributed by atoms with Crippen LogP contribution in [0.5, 0.6) is 0 Å². The van der Waals surface area contributed by atoms with Gasteiger partial charge in [-0.25, -0.2) is 8.78 Å². The minimum atomic E-state index is -1.42. The Hall–Kier alpha value is -2.26. The van der Waals surface area contributed by atoms with Crippen LogP contribution in [0.2, 0.25) is 19.6 Å². The molecule has 0 saturated carbocycles. The van der Waals surface area contributed by atoms with E-state index in [9.17, 15) is 8.78 Å². The molecule has 0 fully saturated rings. The topological polar surface area (TPSA) is 0 Å². The highest BCUT2D eigenvalue weighted by Crippen LogP contribution is 2.31. The fraction of sp³-hybridized carbons (Fsp3) is 0.308. The van der Waals surface area contributed by atoms with Crippen molar-refractivity contribution in [2.45, 2.75) is 52.2 Å². The standard InChI is InChI=1S/C26H30F2Si/c1-5-6-7-8-19-9-11-20(12-10-19)23-17-18-24(26(28)25(23)27)21-13-15-22(16-14-21)29(2,3)4/h9-18H,5-8H2,1-4H3. The van der Waals surface area contributed by atoms with E-state index in [-0.39, 0.29) is 0 Å². The van der Waals surface area contributed by atoms with E-state index in [0.29, 0.717) is 22.3 Å². The Morgan fingerprint density at radius 2 is 1.14 bits per heavy atom. The van der Waals surface area contributed by atoms with Crippen molar-refractivity contribution in [3.8, 4) is 22.3 Å². The number of rotatable bonds is 7. The number of hydrogen-bond donors (Lipinski definition) is 0. The van der Waals surface area contributed by atoms with Crippen molar-refractivity contribution in [2.24, 2.45) is 0 Å². The van der Waals surface area contributed by atoms with E-state index in [0.717, 1.165) is 12.8 Å². The van der Waals surface area contributed by atoms with Crippen LogP contribution in [0.3, 0.4) is 0 Å². The summed E-state index contributed by atoms with van der Waals surface area (Å²) in [4.78, 5) is 0. The number of aryl methyl sites for hydroxylation is 1. The molecule has 0 aromatic heterocycles. The Balaban J connectivity index is 1.86. The van der Waals surface area contributed by atoms with Crippen molar-refractivity contribution in [2.75, 3.05) is 0 Å². The van der Waals surface area contributed by atoms with E-state index in [4.69, 9.17) is 0 Å². The normalized spacial score (nSPS) is 11.7. The van der Waals surface area contributed by atoms with Crippen LogP contribution in [0.1, 0.15) is 31.7 Å². The molecule has 3 aromatic rings. The van der Waals surface area contributed by atoms with Gasteiger partial charge in [0, 0.05) is 11.1 Å². The molecule has 0 aliphatic rings. The van der Waals surface area contributed by atoms with Gasteiger partial charge in [-0.1, -0.05) is 105 Å². The first-order valence-corrected chi connectivity index (χ1v) is 14.0. The lowest BCUT2D eigenvalue weighted by atomic mass is 9.97. The zero-order chi connectivity index (χ0) is 21.0. The molecular weight excluding hydrogens is 378 g/mol. The molecular formula is C26H30F2Si. The maximum atomic E-state index is 14.9. The Kier molecular flexibility index (Phi) is 6.69. The van der Waals surface area contributed by atoms with Crippen molar-refractivity contribution in [3.63, 3.8) is 0 Å². The van der Waals surface area contributed by atoms with Crippen LogP contribution >= 0.6 is 0 Å². The molecule has 0 aliphatic carbocycles. The molecule has 0 unspecified atom stereocenters. The van der Waals surface area contributed by atoms with Gasteiger partial charge in [-0.2, -0.15) is 0 Å². The van der Waals surface area contributed by atoms with E-state index in [2.05, 4.69) is 26.6 Å². The van der Waals surface area contributed by atoms with Gasteiger partial charge in [-0.05, 0) is 29.5 Å². The molecule has 0 aliphatic heterocycles. The van der Waals surface area contributed by atoms with Crippen LogP contribution in [0.4, 0.5) is 8.78 Å². The summed E-state index contributed by atoms with van der Waals surface area (Å²) in [5, 5.41) is 1.30. The Morgan fingerprint density at radius 1 is 0.655 bits per heavy atom. The molecule has 0 bridgehead atoms. The van der Waals surface area contributed by atoms with E-state index in [1.54, 1.807) is 12.1 Å². The summed E-state index contributed by atoms with van der Waals surface area (Å²) in [6, 6.07) is 19.1. The minimum Gasteiger partial charge on any atom is -0.203 e. The molecule has 0 N–H and O–H groups in total. The molecule has 3 heteroatoms. The predicted molar refractivity (Wildman–Crippen MR) is 123 cm³/mol. The molecule has 0 saturated heterocycles. The van der Waals surface area contributed by atoms with Gasteiger partial charge in [0.15, 0.2) is 11.6 Å². The molecule has 0 amide bonds. The highest BCUT2D eigenvalue weighted by atomic mass is 28.3. The molecule has 0 nitrogen and oxygen atoms in total. The lowest BCUT2D eigenvalue weighted by Gasteiger charge is -2.17. The van der Waals surface area contributed by atoms with E-state index in [1.165, 1.54) is 23.6 Å². The van der Waals surface area contributed by atoms with Gasteiger partial charge >= 0.3 is 0 Å². The zero-order valence-electron chi connectivity index (χ0n) is 17.9. The minimum absolute atomic E-state index is 0.310. The number of halogens is 2. The molecule has 0 heterocycles. The van der Waals surface area contributed by atoms with Crippen LogP contribution < -0.4 is 5.19 Å². The first-order chi connectivity index (χ1) is 13.8. The van der Waals surface area contributed by atoms with Crippen LogP contribution in [0.15, 0.2) is 60.7 Å². The molecule has 3 aromatic carbocycles. The SMILES string of the molecule is CCCCCc1ccc(-c2ccc(-c3ccc([Si](C)(C)C)cc3)c(F)c2F)cc1. The van der Waals surface area contributed by atoms with E-state index < -0.39 is 19.7 Å². The lowest BCUT2D eigenvalue weighted by molar-refractivity contribution is 0.514. The molecule has 0 atom stereocenters. The highest BCUT2D eigenvalue weighted by Gasteiger charge is 2.18. The number of unbranched alkanes of at least 4 members (excludes halogenated alkanes) is 2. The summed E-state index contributed by atoms with van der Waals surface area (Å²) in [5.41, 5.74) is 3.28. The monoisotopic (exact) mass is 408 g/mol. The second kappa shape index (κ2) is 9.04. The third-order valence-corrected chi connectivity index (χ3v) is 7.54. The van der Waals surface area contributed by atoms with Gasteiger partial charge < -0.3 is 0 Å². The van der Waals surface area contributed by atoms with Gasteiger partial charge in [0.2, 0.25) is 0 Å². The highest BCUT2D eigenvalue weighted by molar-refractivity contribution is 6.88. The van der Waals surface area contributed by atoms with Crippen molar-refractivity contribution in [3.05, 3.63) is 77.9 Å². The van der Waals surface area contributed by atoms with Gasteiger partial charge in [0.05, 0.1) is 8.07 Å². The van der Waals surface area contributed by atoms with Crippen LogP contribution in [0.25, 0.3) is 22.3 Å². The fourth-order valence-corrected chi connectivity index (χ4v) is 4.74. The quantitative estimate of drug-likeness (QED) is 0.279. The molecule has 29 heavy (non-hydrogen) atoms. The molecule has 3 rings (SSSR count). The second-order valence-electron chi connectivity index (χ2n) is 8.77. The summed E-state index contributed by atoms with van der Waals surface area (Å²) < 4.78 is 29.8. The smallest absolute Gasteiger partial charge is 0.167 e. The second-order valence-corrected chi connectivity index (χ2v) is 13.8. The van der Waals surface area contributed by atoms with Crippen molar-refractivity contribution >= 4 is 13.3 Å². The first kappa shape index (κ1) is 21.4. The largest absolute Gasteiger partial charge is 0.203 e. The maximum Gasteiger partial charge on any atom is 0.167 e. The van der Waals surface area contributed by atoms with Crippen molar-refractivity contribution < 1.29 is 8.78 Å². The lowest BCUT2D eigenvalue weighted by Crippen LogP contribution is -2.37. The molecule has 0 radical (unpaired) electrons. The van der Waals surface area contributed by atoms with Gasteiger partial charge in [-0.15, -0.1) is 0 Å². The number of hydrogen-bond acceptors (Lipinski definition) is 0. The first-order valence-electron chi connectivity index (χ1n) is 10.5. The molecule has 152 valence electrons. The van der Waals surface area contributed by atoms with Crippen molar-refractivity contribution in [1.82, 2.24) is 0 Å². The van der Waals surface area contributed by atoms with Crippen LogP contribution in [-0.2, 0) is 6.42 Å². The predicted octanol–water partition coefficient (Wildman–Crippen LogP) is 7.58. The average Bonchev–Trinajstić information content (AvgIpc) is 2.70. The Morgan fingerprint density at radius 3 is 1.59 bits per heavy atom. The summed E-state index contributed by atoms with van der Waals surface area (Å²) in [5.74, 6) is -1.56. The van der Waals surface area contributed by atoms with Crippen LogP contribution in [-0.4, -0.2) is 8.07 Å². The maximum absolute atomic E-state index is 14.9. The third-order valence-electron chi connectivity index (χ3n) is 5.48. The third kappa shape index (κ3) is 5.02. The number of benzene rings is 3. The van der Waals surface area contributed by atoms with E-state index >= 15 is 0 Å². The molecule has 0 spiro atoms. The Bertz CT molecular complexity index is 952. The average molecular weight is 409 g/mol. The van der Waals surface area contributed by atoms with Gasteiger partial charge in [-0.3, -0.25) is 0 Å². The van der Waals surface area contributed by atoms with E-state index in [1.807, 2.05) is 48.5 Å². The summed E-state index contributed by atoms with van der Waals surface area (Å²) in [6.45, 7) is 9.00. The Labute approximate surface area is 174 Å². The summed E-state index contributed by atoms with van der Waals surface area (Å²) in [7, 11) is -1.42. The van der Waals surface area contributed by atoms with Crippen molar-refractivity contribution in [1.29, 1.82) is 0 Å². The fourth-order valence-electron chi connectivity index (χ4n) is 3.58. The van der Waals surface area contributed by atoms with Gasteiger partial charge in [0.1, 0.15) is 0 Å². The summed E-state index contributed by atoms with van der Waals surface area (Å²) in [6.07, 6.45) is 4.58. The van der Waals surface area contributed by atoms with Crippen LogP contribution in [0, 0.1) is 11.6 Å². The zero-order valence-corrected chi connectivity index (χ0v) is 18.9.